The van der Waals surface area contributed by atoms with Crippen LogP contribution in [0.1, 0.15) is 20.8 Å². The van der Waals surface area contributed by atoms with Crippen LogP contribution in [0.4, 0.5) is 0 Å². The van der Waals surface area contributed by atoms with E-state index in [1.54, 1.807) is 0 Å². The Morgan fingerprint density at radius 3 is 2.23 bits per heavy atom. The van der Waals surface area contributed by atoms with Crippen molar-refractivity contribution < 1.29 is 23.9 Å². The van der Waals surface area contributed by atoms with E-state index in [-0.39, 0.29) is 24.7 Å². The van der Waals surface area contributed by atoms with E-state index in [1.165, 1.54) is 0 Å². The lowest BCUT2D eigenvalue weighted by atomic mass is 10.3. The number of imide groups is 1. The van der Waals surface area contributed by atoms with Crippen LogP contribution in [-0.2, 0) is 23.9 Å². The van der Waals surface area contributed by atoms with Crippen molar-refractivity contribution >= 4 is 23.6 Å². The average Bonchev–Trinajstić information content (AvgIpc) is 2.74. The fourth-order valence-electron chi connectivity index (χ4n) is 1.80. The van der Waals surface area contributed by atoms with Gasteiger partial charge in [-0.25, -0.2) is 0 Å². The van der Waals surface area contributed by atoms with Crippen molar-refractivity contribution in [1.82, 2.24) is 15.5 Å². The molecule has 2 N–H and O–H groups in total. The second-order valence-electron chi connectivity index (χ2n) is 5.17. The number of nitrogens with one attached hydrogen (secondary N) is 2. The molecule has 0 saturated carbocycles. The van der Waals surface area contributed by atoms with E-state index in [9.17, 15) is 19.2 Å². The Morgan fingerprint density at radius 2 is 1.68 bits per heavy atom. The number of amides is 4. The lowest BCUT2D eigenvalue weighted by molar-refractivity contribution is -0.141. The summed E-state index contributed by atoms with van der Waals surface area (Å²) >= 11 is 0. The summed E-state index contributed by atoms with van der Waals surface area (Å²) in [6.07, 6.45) is 2.12. The summed E-state index contributed by atoms with van der Waals surface area (Å²) < 4.78 is 5.45. The van der Waals surface area contributed by atoms with Crippen LogP contribution in [0.2, 0.25) is 0 Å². The van der Waals surface area contributed by atoms with Crippen molar-refractivity contribution in [2.24, 2.45) is 0 Å². The van der Waals surface area contributed by atoms with Gasteiger partial charge in [0.25, 0.3) is 11.8 Å². The smallest absolute Gasteiger partial charge is 0.254 e. The Hall–Kier alpha value is -2.22. The van der Waals surface area contributed by atoms with Crippen LogP contribution in [0.3, 0.4) is 0 Å². The molecule has 0 fully saturated rings. The predicted molar refractivity (Wildman–Crippen MR) is 77.6 cm³/mol. The van der Waals surface area contributed by atoms with Crippen LogP contribution >= 0.6 is 0 Å². The Morgan fingerprint density at radius 1 is 1.09 bits per heavy atom. The van der Waals surface area contributed by atoms with Gasteiger partial charge < -0.3 is 15.4 Å². The first kappa shape index (κ1) is 17.8. The second kappa shape index (κ2) is 8.28. The Bertz CT molecular complexity index is 469. The first-order chi connectivity index (χ1) is 10.3. The molecular weight excluding hydrogens is 290 g/mol. The number of carbonyl (C=O) groups excluding carboxylic acids is 4. The highest BCUT2D eigenvalue weighted by atomic mass is 16.5. The standard InChI is InChI=1S/C14H21N3O5/c1-9(2)22-10(3)6-15-11(18)7-16-12(19)8-17-13(20)4-5-14(17)21/h4-5,9-10H,6-8H2,1-3H3,(H,15,18)(H,16,19)/t10-/m0/s1. The van der Waals surface area contributed by atoms with Crippen LogP contribution in [0.15, 0.2) is 12.2 Å². The van der Waals surface area contributed by atoms with Crippen LogP contribution in [0, 0.1) is 0 Å². The van der Waals surface area contributed by atoms with Crippen molar-refractivity contribution in [3.63, 3.8) is 0 Å². The van der Waals surface area contributed by atoms with Gasteiger partial charge in [-0.2, -0.15) is 0 Å². The number of nitrogens with zero attached hydrogens (tertiary/aromatic N) is 1. The lowest BCUT2D eigenvalue weighted by Gasteiger charge is -2.17. The molecule has 0 aromatic rings. The van der Waals surface area contributed by atoms with Crippen molar-refractivity contribution in [3.05, 3.63) is 12.2 Å². The molecule has 0 spiro atoms. The van der Waals surface area contributed by atoms with Gasteiger partial charge in [0.2, 0.25) is 11.8 Å². The number of carbonyl (C=O) groups is 4. The number of hydrogen-bond donors (Lipinski definition) is 2. The van der Waals surface area contributed by atoms with E-state index in [2.05, 4.69) is 10.6 Å². The molecule has 1 aliphatic heterocycles. The Labute approximate surface area is 128 Å². The molecule has 8 heteroatoms. The summed E-state index contributed by atoms with van der Waals surface area (Å²) in [4.78, 5) is 46.5. The largest absolute Gasteiger partial charge is 0.374 e. The molecule has 0 radical (unpaired) electrons. The summed E-state index contributed by atoms with van der Waals surface area (Å²) in [7, 11) is 0. The fourth-order valence-corrected chi connectivity index (χ4v) is 1.80. The van der Waals surface area contributed by atoms with Crippen LogP contribution in [0.25, 0.3) is 0 Å². The van der Waals surface area contributed by atoms with E-state index >= 15 is 0 Å². The summed E-state index contributed by atoms with van der Waals surface area (Å²) in [5.41, 5.74) is 0. The maximum absolute atomic E-state index is 11.6. The molecule has 0 aromatic heterocycles. The third-order valence-corrected chi connectivity index (χ3v) is 2.74. The molecular formula is C14H21N3O5. The monoisotopic (exact) mass is 311 g/mol. The molecule has 22 heavy (non-hydrogen) atoms. The van der Waals surface area contributed by atoms with Gasteiger partial charge in [0, 0.05) is 18.7 Å². The lowest BCUT2D eigenvalue weighted by Crippen LogP contribution is -2.44. The highest BCUT2D eigenvalue weighted by Gasteiger charge is 2.25. The molecule has 1 atom stereocenters. The van der Waals surface area contributed by atoms with Gasteiger partial charge in [-0.3, -0.25) is 24.1 Å². The minimum absolute atomic E-state index is 0.0655. The van der Waals surface area contributed by atoms with Crippen molar-refractivity contribution in [1.29, 1.82) is 0 Å². The zero-order valence-electron chi connectivity index (χ0n) is 12.9. The molecule has 4 amide bonds. The van der Waals surface area contributed by atoms with E-state index in [4.69, 9.17) is 4.74 Å². The highest BCUT2D eigenvalue weighted by Crippen LogP contribution is 2.02. The number of hydrogen-bond acceptors (Lipinski definition) is 5. The molecule has 0 bridgehead atoms. The number of ether oxygens (including phenoxy) is 1. The minimum atomic E-state index is -0.577. The number of rotatable bonds is 8. The molecule has 8 nitrogen and oxygen atoms in total. The first-order valence-electron chi connectivity index (χ1n) is 7.02. The highest BCUT2D eigenvalue weighted by molar-refractivity contribution is 6.14. The molecule has 0 aliphatic carbocycles. The zero-order valence-corrected chi connectivity index (χ0v) is 12.9. The van der Waals surface area contributed by atoms with Crippen molar-refractivity contribution in [3.8, 4) is 0 Å². The molecule has 1 rings (SSSR count). The quantitative estimate of drug-likeness (QED) is 0.557. The van der Waals surface area contributed by atoms with Gasteiger partial charge in [-0.1, -0.05) is 0 Å². The van der Waals surface area contributed by atoms with Gasteiger partial charge in [0.1, 0.15) is 6.54 Å². The topological polar surface area (TPSA) is 105 Å². The third-order valence-electron chi connectivity index (χ3n) is 2.74. The molecule has 0 saturated heterocycles. The maximum atomic E-state index is 11.6. The predicted octanol–water partition coefficient (Wildman–Crippen LogP) is -1.04. The van der Waals surface area contributed by atoms with E-state index in [0.29, 0.717) is 6.54 Å². The van der Waals surface area contributed by atoms with Crippen molar-refractivity contribution in [2.75, 3.05) is 19.6 Å². The first-order valence-corrected chi connectivity index (χ1v) is 7.02. The van der Waals surface area contributed by atoms with Crippen molar-refractivity contribution in [2.45, 2.75) is 33.0 Å². The van der Waals surface area contributed by atoms with Gasteiger partial charge in [-0.15, -0.1) is 0 Å². The molecule has 0 aromatic carbocycles. The summed E-state index contributed by atoms with van der Waals surface area (Å²) in [6, 6.07) is 0. The van der Waals surface area contributed by atoms with Gasteiger partial charge >= 0.3 is 0 Å². The fraction of sp³-hybridized carbons (Fsp3) is 0.571. The summed E-state index contributed by atoms with van der Waals surface area (Å²) in [6.45, 7) is 5.33. The van der Waals surface area contributed by atoms with Crippen LogP contribution < -0.4 is 10.6 Å². The molecule has 0 unspecified atom stereocenters. The normalized spacial score (nSPS) is 15.4. The van der Waals surface area contributed by atoms with E-state index in [0.717, 1.165) is 17.1 Å². The maximum Gasteiger partial charge on any atom is 0.254 e. The molecule has 1 heterocycles. The summed E-state index contributed by atoms with van der Waals surface area (Å²) in [5, 5.41) is 4.97. The molecule has 1 aliphatic rings. The second-order valence-corrected chi connectivity index (χ2v) is 5.17. The van der Waals surface area contributed by atoms with Crippen LogP contribution in [-0.4, -0.2) is 60.4 Å². The van der Waals surface area contributed by atoms with Gasteiger partial charge in [-0.05, 0) is 20.8 Å². The average molecular weight is 311 g/mol. The zero-order chi connectivity index (χ0) is 16.7. The third kappa shape index (κ3) is 6.04. The van der Waals surface area contributed by atoms with Gasteiger partial charge in [0.05, 0.1) is 18.8 Å². The SMILES string of the molecule is CC(C)O[C@@H](C)CNC(=O)CNC(=O)CN1C(=O)C=CC1=O. The Kier molecular flexibility index (Phi) is 6.71. The van der Waals surface area contributed by atoms with E-state index < -0.39 is 24.3 Å². The van der Waals surface area contributed by atoms with Crippen LogP contribution in [0.5, 0.6) is 0 Å². The minimum Gasteiger partial charge on any atom is -0.374 e. The van der Waals surface area contributed by atoms with E-state index in [1.807, 2.05) is 20.8 Å². The van der Waals surface area contributed by atoms with Gasteiger partial charge in [0.15, 0.2) is 0 Å². The molecule has 122 valence electrons. The summed E-state index contributed by atoms with van der Waals surface area (Å²) in [5.74, 6) is -2.02. The Balaban J connectivity index is 2.22.